The molecule has 34 N–H and O–H groups in total. The zero-order valence-corrected chi connectivity index (χ0v) is 66.8. The number of carbonyl (C=O) groups excluding carboxylic acids is 1. The van der Waals surface area contributed by atoms with Crippen molar-refractivity contribution in [3.63, 3.8) is 0 Å². The quantitative estimate of drug-likeness (QED) is 0.0536. The van der Waals surface area contributed by atoms with Gasteiger partial charge in [-0.1, -0.05) is 291 Å². The molecule has 0 bridgehead atoms. The number of nitrogens with two attached hydrogens (primary N) is 17. The van der Waals surface area contributed by atoms with Gasteiger partial charge in [-0.3, -0.25) is 4.79 Å². The van der Waals surface area contributed by atoms with Crippen molar-refractivity contribution in [3.05, 3.63) is 485 Å². The lowest BCUT2D eigenvalue weighted by Gasteiger charge is -1.83. The van der Waals surface area contributed by atoms with Crippen molar-refractivity contribution in [3.8, 4) is 0 Å². The van der Waals surface area contributed by atoms with Crippen LogP contribution in [0.2, 0.25) is 0 Å². The lowest BCUT2D eigenvalue weighted by molar-refractivity contribution is -0.110. The molecule has 117 heavy (non-hydrogen) atoms. The van der Waals surface area contributed by atoms with Crippen LogP contribution in [-0.2, 0) is 4.79 Å². The molecule has 0 amide bonds. The fraction of sp³-hybridized carbons (Fsp3) is 0.0102. The monoisotopic (exact) mass is 1580 g/mol. The highest BCUT2D eigenvalue weighted by molar-refractivity contribution is 6.64. The Labute approximate surface area is 697 Å². The highest BCUT2D eigenvalue weighted by Gasteiger charge is 1.83. The predicted molar refractivity (Wildman–Crippen MR) is 514 cm³/mol. The first-order chi connectivity index (χ1) is 56.6. The van der Waals surface area contributed by atoms with E-state index in [4.69, 9.17) is 103 Å². The third-order valence-corrected chi connectivity index (χ3v) is 13.1. The van der Waals surface area contributed by atoms with E-state index < -0.39 is 5.24 Å². The van der Waals surface area contributed by atoms with Crippen molar-refractivity contribution < 1.29 is 4.79 Å². The molecular weight excluding hydrogens is 1470 g/mol. The van der Waals surface area contributed by atoms with E-state index >= 15 is 0 Å². The van der Waals surface area contributed by atoms with E-state index in [0.717, 1.165) is 91.0 Å². The first-order valence-electron chi connectivity index (χ1n) is 36.3. The summed E-state index contributed by atoms with van der Waals surface area (Å²) in [7, 11) is 0. The Morgan fingerprint density at radius 3 is 0.197 bits per heavy atom. The molecule has 16 aromatic rings. The fourth-order valence-corrected chi connectivity index (χ4v) is 7.25. The molecule has 0 aromatic heterocycles. The van der Waals surface area contributed by atoms with Crippen LogP contribution in [0.4, 0.5) is 91.0 Å². The lowest BCUT2D eigenvalue weighted by Crippen LogP contribution is -2.05. The molecule has 0 saturated heterocycles. The van der Waals surface area contributed by atoms with Gasteiger partial charge in [-0.15, -0.1) is 0 Å². The highest BCUT2D eigenvalue weighted by atomic mass is 35.5. The molecule has 0 radical (unpaired) electrons. The maximum Gasteiger partial charge on any atom is 0.235 e. The second-order valence-electron chi connectivity index (χ2n) is 23.1. The van der Waals surface area contributed by atoms with Crippen LogP contribution in [0.3, 0.4) is 0 Å². The molecule has 16 aromatic carbocycles. The number of anilines is 16. The molecule has 0 spiro atoms. The van der Waals surface area contributed by atoms with Crippen molar-refractivity contribution in [1.82, 2.24) is 0 Å². The summed E-state index contributed by atoms with van der Waals surface area (Å²) in [6.07, 6.45) is 0. The predicted octanol–water partition coefficient (Wildman–Crippen LogP) is 20.0. The largest absolute Gasteiger partial charge is 0.399 e. The Balaban J connectivity index is 0.00000122. The normalized spacial score (nSPS) is 8.53. The van der Waals surface area contributed by atoms with Crippen molar-refractivity contribution in [2.45, 2.75) is 0 Å². The average Bonchev–Trinajstić information content (AvgIpc) is 3.46. The summed E-state index contributed by atoms with van der Waals surface area (Å²) >= 11 is 4.70. The van der Waals surface area contributed by atoms with Gasteiger partial charge in [0.25, 0.3) is 0 Å². The van der Waals surface area contributed by atoms with Crippen molar-refractivity contribution in [2.24, 2.45) is 5.73 Å². The summed E-state index contributed by atoms with van der Waals surface area (Å²) in [5.41, 5.74) is 104. The maximum atomic E-state index is 9.45. The molecule has 0 unspecified atom stereocenters. The van der Waals surface area contributed by atoms with Crippen LogP contribution in [0.5, 0.6) is 0 Å². The topological polar surface area (TPSA) is 459 Å². The van der Waals surface area contributed by atoms with Gasteiger partial charge in [0.2, 0.25) is 5.24 Å². The smallest absolute Gasteiger partial charge is 0.235 e. The van der Waals surface area contributed by atoms with Gasteiger partial charge < -0.3 is 97.5 Å². The van der Waals surface area contributed by atoms with Gasteiger partial charge in [0, 0.05) is 91.0 Å². The van der Waals surface area contributed by atoms with Gasteiger partial charge in [0.15, 0.2) is 0 Å². The minimum atomic E-state index is -0.495. The van der Waals surface area contributed by atoms with Crippen LogP contribution in [-0.4, -0.2) is 11.8 Å². The maximum absolute atomic E-state index is 9.45. The van der Waals surface area contributed by atoms with E-state index in [9.17, 15) is 4.79 Å². The number of benzene rings is 16. The lowest BCUT2D eigenvalue weighted by atomic mass is 10.3. The Bertz CT molecular complexity index is 3500. The molecule has 19 heteroatoms. The molecule has 0 heterocycles. The summed E-state index contributed by atoms with van der Waals surface area (Å²) in [5, 5.41) is -0.495. The summed E-state index contributed by atoms with van der Waals surface area (Å²) in [5.74, 6) is 0. The standard InChI is InChI=1S/16C6H7N.C2H4ClNO/c16*7-6-4-2-1-3-5-6;3-2(5)1-4/h16*1-5H,7H2;1,4H2. The van der Waals surface area contributed by atoms with Crippen LogP contribution in [0, 0.1) is 0 Å². The average molecular weight is 1580 g/mol. The molecule has 0 aliphatic rings. The van der Waals surface area contributed by atoms with E-state index in [1.54, 1.807) is 0 Å². The summed E-state index contributed by atoms with van der Waals surface area (Å²) in [6.45, 7) is -0.0679. The molecular formula is C98H116ClN17O. The van der Waals surface area contributed by atoms with Crippen LogP contribution in [0.1, 0.15) is 0 Å². The van der Waals surface area contributed by atoms with E-state index in [-0.39, 0.29) is 6.54 Å². The van der Waals surface area contributed by atoms with Crippen LogP contribution in [0.15, 0.2) is 485 Å². The Kier molecular flexibility index (Phi) is 63.2. The van der Waals surface area contributed by atoms with Gasteiger partial charge >= 0.3 is 0 Å². The fourth-order valence-electron chi connectivity index (χ4n) is 7.25. The Morgan fingerprint density at radius 2 is 0.179 bits per heavy atom. The molecule has 0 atom stereocenters. The van der Waals surface area contributed by atoms with Crippen molar-refractivity contribution >= 4 is 108 Å². The number of halogens is 1. The number of hydrogen-bond acceptors (Lipinski definition) is 18. The zero-order valence-electron chi connectivity index (χ0n) is 66.0. The van der Waals surface area contributed by atoms with E-state index in [2.05, 4.69) is 5.73 Å². The van der Waals surface area contributed by atoms with Crippen LogP contribution < -0.4 is 97.5 Å². The molecule has 0 fully saturated rings. The van der Waals surface area contributed by atoms with E-state index in [0.29, 0.717) is 0 Å². The SMILES string of the molecule is NCC(=O)Cl.Nc1ccccc1.Nc1ccccc1.Nc1ccccc1.Nc1ccccc1.Nc1ccccc1.Nc1ccccc1.Nc1ccccc1.Nc1ccccc1.Nc1ccccc1.Nc1ccccc1.Nc1ccccc1.Nc1ccccc1.Nc1ccccc1.Nc1ccccc1.Nc1ccccc1.Nc1ccccc1. The zero-order chi connectivity index (χ0) is 86.1. The summed E-state index contributed by atoms with van der Waals surface area (Å²) in [4.78, 5) is 9.45. The van der Waals surface area contributed by atoms with Gasteiger partial charge in [-0.25, -0.2) is 0 Å². The third kappa shape index (κ3) is 74.1. The number of hydrogen-bond donors (Lipinski definition) is 17. The van der Waals surface area contributed by atoms with E-state index in [1.807, 2.05) is 485 Å². The van der Waals surface area contributed by atoms with Gasteiger partial charge in [-0.05, 0) is 206 Å². The molecule has 606 valence electrons. The number of rotatable bonds is 1. The molecule has 0 saturated carbocycles. The second-order valence-corrected chi connectivity index (χ2v) is 23.6. The minimum absolute atomic E-state index is 0.0679. The van der Waals surface area contributed by atoms with Crippen molar-refractivity contribution in [2.75, 3.05) is 98.3 Å². The third-order valence-electron chi connectivity index (χ3n) is 13.0. The molecule has 0 aliphatic heterocycles. The van der Waals surface area contributed by atoms with Crippen LogP contribution in [0.25, 0.3) is 0 Å². The summed E-state index contributed by atoms with van der Waals surface area (Å²) in [6, 6.07) is 152. The molecule has 16 rings (SSSR count). The number of carbonyl (C=O) groups is 1. The molecule has 18 nitrogen and oxygen atoms in total. The van der Waals surface area contributed by atoms with Gasteiger partial charge in [0.05, 0.1) is 6.54 Å². The Hall–Kier alpha value is -15.8. The number of para-hydroxylation sites is 16. The van der Waals surface area contributed by atoms with Crippen LogP contribution >= 0.6 is 11.6 Å². The molecule has 0 aliphatic carbocycles. The first-order valence-corrected chi connectivity index (χ1v) is 36.7. The second kappa shape index (κ2) is 73.1. The number of nitrogen functional groups attached to an aromatic ring is 16. The first kappa shape index (κ1) is 101. The van der Waals surface area contributed by atoms with E-state index in [1.165, 1.54) is 0 Å². The van der Waals surface area contributed by atoms with Crippen molar-refractivity contribution in [1.29, 1.82) is 0 Å². The highest BCUT2D eigenvalue weighted by Crippen LogP contribution is 2.05. The van der Waals surface area contributed by atoms with Gasteiger partial charge in [0.1, 0.15) is 0 Å². The summed E-state index contributed by atoms with van der Waals surface area (Å²) < 4.78 is 0. The Morgan fingerprint density at radius 1 is 0.137 bits per heavy atom. The van der Waals surface area contributed by atoms with Gasteiger partial charge in [-0.2, -0.15) is 0 Å². The minimum Gasteiger partial charge on any atom is -0.399 e.